The molecule has 3 rings (SSSR count). The van der Waals surface area contributed by atoms with Crippen LogP contribution in [-0.4, -0.2) is 88.9 Å². The summed E-state index contributed by atoms with van der Waals surface area (Å²) in [5.74, 6) is 1.62. The molecule has 3 aliphatic heterocycles. The number of piperidine rings is 1. The van der Waals surface area contributed by atoms with Crippen LogP contribution in [0.5, 0.6) is 0 Å². The highest BCUT2D eigenvalue weighted by atomic mass is 16.5. The van der Waals surface area contributed by atoms with E-state index < -0.39 is 0 Å². The molecule has 28 heavy (non-hydrogen) atoms. The summed E-state index contributed by atoms with van der Waals surface area (Å²) in [5, 5.41) is 3.44. The molecule has 3 aliphatic rings. The van der Waals surface area contributed by atoms with Crippen LogP contribution in [0.15, 0.2) is 4.99 Å². The van der Waals surface area contributed by atoms with Crippen molar-refractivity contribution < 1.29 is 18.9 Å². The van der Waals surface area contributed by atoms with Gasteiger partial charge in [-0.25, -0.2) is 0 Å². The van der Waals surface area contributed by atoms with Gasteiger partial charge in [0.2, 0.25) is 0 Å². The van der Waals surface area contributed by atoms with E-state index in [9.17, 15) is 0 Å². The summed E-state index contributed by atoms with van der Waals surface area (Å²) >= 11 is 0. The number of ether oxygens (including phenoxy) is 4. The number of hydrogen-bond acceptors (Lipinski definition) is 5. The Labute approximate surface area is 170 Å². The third-order valence-electron chi connectivity index (χ3n) is 5.70. The fraction of sp³-hybridized carbons (Fsp3) is 0.952. The van der Waals surface area contributed by atoms with Gasteiger partial charge in [-0.2, -0.15) is 0 Å². The summed E-state index contributed by atoms with van der Waals surface area (Å²) in [4.78, 5) is 7.17. The van der Waals surface area contributed by atoms with Crippen molar-refractivity contribution in [3.05, 3.63) is 0 Å². The van der Waals surface area contributed by atoms with E-state index in [0.717, 1.165) is 104 Å². The van der Waals surface area contributed by atoms with E-state index in [1.54, 1.807) is 0 Å². The van der Waals surface area contributed by atoms with Crippen molar-refractivity contribution in [1.82, 2.24) is 10.2 Å². The molecule has 3 heterocycles. The fourth-order valence-corrected chi connectivity index (χ4v) is 4.00. The number of rotatable bonds is 10. The van der Waals surface area contributed by atoms with Gasteiger partial charge in [0.05, 0.1) is 32.0 Å². The number of likely N-dealkylation sites (tertiary alicyclic amines) is 1. The standard InChI is InChI=1S/C21H39N3O4/c1-2-22-21(23-9-4-12-25-15-18-8-14-26-16-18)24-10-6-19(7-11-24)28-17-20-5-3-13-27-20/h18-20H,2-17H2,1H3,(H,22,23). The molecule has 0 amide bonds. The van der Waals surface area contributed by atoms with Gasteiger partial charge in [0.25, 0.3) is 0 Å². The van der Waals surface area contributed by atoms with Gasteiger partial charge in [0, 0.05) is 51.9 Å². The molecule has 0 spiro atoms. The van der Waals surface area contributed by atoms with Crippen LogP contribution < -0.4 is 5.32 Å². The van der Waals surface area contributed by atoms with Crippen LogP contribution in [0, 0.1) is 5.92 Å². The van der Waals surface area contributed by atoms with Gasteiger partial charge in [0.15, 0.2) is 5.96 Å². The molecule has 1 N–H and O–H groups in total. The summed E-state index contributed by atoms with van der Waals surface area (Å²) < 4.78 is 22.9. The van der Waals surface area contributed by atoms with E-state index in [1.807, 2.05) is 0 Å². The Bertz CT molecular complexity index is 443. The maximum absolute atomic E-state index is 6.09. The molecule has 2 atom stereocenters. The minimum Gasteiger partial charge on any atom is -0.381 e. The molecular formula is C21H39N3O4. The lowest BCUT2D eigenvalue weighted by molar-refractivity contribution is -0.0367. The first-order chi connectivity index (χ1) is 13.8. The van der Waals surface area contributed by atoms with Crippen LogP contribution >= 0.6 is 0 Å². The second-order valence-electron chi connectivity index (χ2n) is 8.05. The molecule has 162 valence electrons. The van der Waals surface area contributed by atoms with Crippen molar-refractivity contribution >= 4 is 5.96 Å². The maximum atomic E-state index is 6.09. The third kappa shape index (κ3) is 7.50. The van der Waals surface area contributed by atoms with Crippen molar-refractivity contribution in [3.63, 3.8) is 0 Å². The topological polar surface area (TPSA) is 64.6 Å². The van der Waals surface area contributed by atoms with Crippen molar-refractivity contribution in [2.75, 3.05) is 65.8 Å². The second-order valence-corrected chi connectivity index (χ2v) is 8.05. The largest absolute Gasteiger partial charge is 0.381 e. The first-order valence-corrected chi connectivity index (χ1v) is 11.3. The van der Waals surface area contributed by atoms with Gasteiger partial charge < -0.3 is 29.2 Å². The zero-order chi connectivity index (χ0) is 19.4. The molecule has 0 radical (unpaired) electrons. The SMILES string of the molecule is CCNC(=NCCCOCC1CCOC1)N1CCC(OCC2CCCO2)CC1. The average molecular weight is 398 g/mol. The van der Waals surface area contributed by atoms with Crippen LogP contribution in [-0.2, 0) is 18.9 Å². The van der Waals surface area contributed by atoms with E-state index in [2.05, 4.69) is 17.1 Å². The lowest BCUT2D eigenvalue weighted by Gasteiger charge is -2.34. The van der Waals surface area contributed by atoms with Crippen LogP contribution in [0.25, 0.3) is 0 Å². The fourth-order valence-electron chi connectivity index (χ4n) is 4.00. The lowest BCUT2D eigenvalue weighted by Crippen LogP contribution is -2.47. The number of aliphatic imine (C=N–C) groups is 1. The van der Waals surface area contributed by atoms with Crippen molar-refractivity contribution in [3.8, 4) is 0 Å². The molecular weight excluding hydrogens is 358 g/mol. The van der Waals surface area contributed by atoms with Crippen molar-refractivity contribution in [2.24, 2.45) is 10.9 Å². The predicted octanol–water partition coefficient (Wildman–Crippen LogP) is 2.06. The van der Waals surface area contributed by atoms with Gasteiger partial charge in [-0.3, -0.25) is 4.99 Å². The van der Waals surface area contributed by atoms with Crippen LogP contribution in [0.2, 0.25) is 0 Å². The molecule has 2 unspecified atom stereocenters. The summed E-state index contributed by atoms with van der Waals surface area (Å²) in [7, 11) is 0. The van der Waals surface area contributed by atoms with E-state index in [-0.39, 0.29) is 0 Å². The molecule has 3 fully saturated rings. The molecule has 7 heteroatoms. The van der Waals surface area contributed by atoms with E-state index >= 15 is 0 Å². The highest BCUT2D eigenvalue weighted by molar-refractivity contribution is 5.80. The van der Waals surface area contributed by atoms with E-state index in [1.165, 1.54) is 6.42 Å². The zero-order valence-corrected chi connectivity index (χ0v) is 17.6. The Balaban J connectivity index is 1.29. The first kappa shape index (κ1) is 21.8. The molecule has 3 saturated heterocycles. The van der Waals surface area contributed by atoms with Crippen molar-refractivity contribution in [1.29, 1.82) is 0 Å². The van der Waals surface area contributed by atoms with E-state index in [4.69, 9.17) is 23.9 Å². The predicted molar refractivity (Wildman–Crippen MR) is 110 cm³/mol. The minimum absolute atomic E-state index is 0.320. The third-order valence-corrected chi connectivity index (χ3v) is 5.70. The number of hydrogen-bond donors (Lipinski definition) is 1. The number of guanidine groups is 1. The Morgan fingerprint density at radius 1 is 1.14 bits per heavy atom. The van der Waals surface area contributed by atoms with Gasteiger partial charge in [0.1, 0.15) is 0 Å². The Morgan fingerprint density at radius 3 is 2.75 bits per heavy atom. The first-order valence-electron chi connectivity index (χ1n) is 11.3. The lowest BCUT2D eigenvalue weighted by atomic mass is 10.1. The monoisotopic (exact) mass is 397 g/mol. The highest BCUT2D eigenvalue weighted by Crippen LogP contribution is 2.18. The molecule has 0 aromatic carbocycles. The van der Waals surface area contributed by atoms with Gasteiger partial charge in [-0.15, -0.1) is 0 Å². The Kier molecular flexibility index (Phi) is 9.83. The average Bonchev–Trinajstić information content (AvgIpc) is 3.43. The van der Waals surface area contributed by atoms with Crippen LogP contribution in [0.4, 0.5) is 0 Å². The molecule has 0 aliphatic carbocycles. The molecule has 0 aromatic rings. The molecule has 0 bridgehead atoms. The normalized spacial score (nSPS) is 26.9. The van der Waals surface area contributed by atoms with Gasteiger partial charge in [-0.05, 0) is 45.4 Å². The summed E-state index contributed by atoms with van der Waals surface area (Å²) in [5.41, 5.74) is 0. The van der Waals surface area contributed by atoms with Gasteiger partial charge >= 0.3 is 0 Å². The highest BCUT2D eigenvalue weighted by Gasteiger charge is 2.24. The smallest absolute Gasteiger partial charge is 0.193 e. The zero-order valence-electron chi connectivity index (χ0n) is 17.6. The van der Waals surface area contributed by atoms with Crippen LogP contribution in [0.1, 0.15) is 45.4 Å². The number of nitrogens with one attached hydrogen (secondary N) is 1. The maximum Gasteiger partial charge on any atom is 0.193 e. The Hall–Kier alpha value is -0.890. The Morgan fingerprint density at radius 2 is 2.04 bits per heavy atom. The second kappa shape index (κ2) is 12.6. The summed E-state index contributed by atoms with van der Waals surface area (Å²) in [6, 6.07) is 0. The molecule has 0 aromatic heterocycles. The van der Waals surface area contributed by atoms with E-state index in [0.29, 0.717) is 18.1 Å². The molecule has 7 nitrogen and oxygen atoms in total. The quantitative estimate of drug-likeness (QED) is 0.346. The molecule has 0 saturated carbocycles. The van der Waals surface area contributed by atoms with Gasteiger partial charge in [-0.1, -0.05) is 0 Å². The number of nitrogens with zero attached hydrogens (tertiary/aromatic N) is 2. The summed E-state index contributed by atoms with van der Waals surface area (Å²) in [6.45, 7) is 10.8. The minimum atomic E-state index is 0.320. The van der Waals surface area contributed by atoms with Crippen LogP contribution in [0.3, 0.4) is 0 Å². The summed E-state index contributed by atoms with van der Waals surface area (Å²) in [6.07, 6.45) is 7.22. The van der Waals surface area contributed by atoms with Crippen molar-refractivity contribution in [2.45, 2.75) is 57.7 Å².